The van der Waals surface area contributed by atoms with Gasteiger partial charge in [0.2, 0.25) is 6.41 Å². The maximum Gasteiger partial charge on any atom is 0.207 e. The van der Waals surface area contributed by atoms with Crippen LogP contribution in [-0.4, -0.2) is 11.4 Å². The molecule has 0 aliphatic carbocycles. The molecular weight excluding hydrogens is 224 g/mol. The van der Waals surface area contributed by atoms with Crippen LogP contribution in [0, 0.1) is 0 Å². The molecule has 1 unspecified atom stereocenters. The Morgan fingerprint density at radius 3 is 2.72 bits per heavy atom. The van der Waals surface area contributed by atoms with Crippen LogP contribution in [0.15, 0.2) is 42.5 Å². The van der Waals surface area contributed by atoms with Crippen molar-refractivity contribution in [2.45, 2.75) is 13.0 Å². The fraction of sp³-hybridized carbons (Fsp3) is 0.133. The molecule has 1 amide bonds. The number of aromatic amines is 1. The lowest BCUT2D eigenvalue weighted by Crippen LogP contribution is -2.15. The largest absolute Gasteiger partial charge is 0.355 e. The van der Waals surface area contributed by atoms with Crippen LogP contribution in [0.3, 0.4) is 0 Å². The van der Waals surface area contributed by atoms with Gasteiger partial charge in [-0.05, 0) is 30.7 Å². The lowest BCUT2D eigenvalue weighted by molar-refractivity contribution is -0.110. The molecule has 0 radical (unpaired) electrons. The van der Waals surface area contributed by atoms with Crippen molar-refractivity contribution in [2.24, 2.45) is 0 Å². The molecule has 0 aliphatic heterocycles. The van der Waals surface area contributed by atoms with E-state index in [0.717, 1.165) is 23.0 Å². The van der Waals surface area contributed by atoms with Gasteiger partial charge < -0.3 is 10.3 Å². The molecule has 90 valence electrons. The molecule has 2 N–H and O–H groups in total. The number of aromatic nitrogens is 1. The van der Waals surface area contributed by atoms with Crippen molar-refractivity contribution < 1.29 is 4.79 Å². The fourth-order valence-corrected chi connectivity index (χ4v) is 2.33. The Morgan fingerprint density at radius 1 is 1.11 bits per heavy atom. The molecule has 3 aromatic rings. The number of carbonyl (C=O) groups is 1. The second-order valence-corrected chi connectivity index (χ2v) is 4.48. The zero-order valence-corrected chi connectivity index (χ0v) is 10.1. The third-order valence-corrected chi connectivity index (χ3v) is 3.35. The summed E-state index contributed by atoms with van der Waals surface area (Å²) < 4.78 is 0. The molecule has 2 aromatic carbocycles. The molecule has 0 spiro atoms. The van der Waals surface area contributed by atoms with Crippen LogP contribution in [0.5, 0.6) is 0 Å². The van der Waals surface area contributed by atoms with Crippen LogP contribution in [0.4, 0.5) is 0 Å². The first-order valence-electron chi connectivity index (χ1n) is 5.99. The summed E-state index contributed by atoms with van der Waals surface area (Å²) in [5.41, 5.74) is 3.37. The first kappa shape index (κ1) is 10.8. The van der Waals surface area contributed by atoms with E-state index in [1.807, 2.05) is 25.1 Å². The van der Waals surface area contributed by atoms with E-state index in [9.17, 15) is 4.79 Å². The number of amides is 1. The summed E-state index contributed by atoms with van der Waals surface area (Å²) >= 11 is 0. The van der Waals surface area contributed by atoms with Crippen molar-refractivity contribution >= 4 is 28.2 Å². The number of fused-ring (bicyclic) bond motifs is 3. The van der Waals surface area contributed by atoms with Crippen LogP contribution in [0.2, 0.25) is 0 Å². The zero-order valence-electron chi connectivity index (χ0n) is 10.1. The van der Waals surface area contributed by atoms with Gasteiger partial charge >= 0.3 is 0 Å². The summed E-state index contributed by atoms with van der Waals surface area (Å²) in [4.78, 5) is 13.9. The minimum atomic E-state index is 0.0283. The van der Waals surface area contributed by atoms with E-state index in [1.165, 1.54) is 10.8 Å². The van der Waals surface area contributed by atoms with Gasteiger partial charge in [-0.2, -0.15) is 0 Å². The van der Waals surface area contributed by atoms with E-state index in [1.54, 1.807) is 0 Å². The van der Waals surface area contributed by atoms with E-state index in [2.05, 4.69) is 34.6 Å². The summed E-state index contributed by atoms with van der Waals surface area (Å²) in [6.07, 6.45) is 0.740. The Hall–Kier alpha value is -2.29. The normalized spacial score (nSPS) is 12.7. The van der Waals surface area contributed by atoms with E-state index in [-0.39, 0.29) is 6.04 Å². The Bertz CT molecular complexity index is 715. The van der Waals surface area contributed by atoms with Gasteiger partial charge in [0.05, 0.1) is 6.04 Å². The van der Waals surface area contributed by atoms with Gasteiger partial charge in [0.1, 0.15) is 0 Å². The SMILES string of the molecule is CC(NC=O)c1ccc2[nH]c3ccccc3c2c1. The molecule has 3 rings (SSSR count). The van der Waals surface area contributed by atoms with Crippen LogP contribution < -0.4 is 5.32 Å². The van der Waals surface area contributed by atoms with E-state index >= 15 is 0 Å². The third-order valence-electron chi connectivity index (χ3n) is 3.35. The summed E-state index contributed by atoms with van der Waals surface area (Å²) in [6.45, 7) is 1.98. The first-order valence-corrected chi connectivity index (χ1v) is 5.99. The van der Waals surface area contributed by atoms with Crippen LogP contribution in [0.25, 0.3) is 21.8 Å². The molecule has 3 heteroatoms. The molecule has 0 saturated carbocycles. The van der Waals surface area contributed by atoms with E-state index in [0.29, 0.717) is 0 Å². The number of nitrogens with one attached hydrogen (secondary N) is 2. The highest BCUT2D eigenvalue weighted by Crippen LogP contribution is 2.27. The van der Waals surface area contributed by atoms with Crippen molar-refractivity contribution in [2.75, 3.05) is 0 Å². The number of hydrogen-bond acceptors (Lipinski definition) is 1. The van der Waals surface area contributed by atoms with Crippen molar-refractivity contribution in [3.8, 4) is 0 Å². The van der Waals surface area contributed by atoms with E-state index in [4.69, 9.17) is 0 Å². The average molecular weight is 238 g/mol. The molecular formula is C15H14N2O. The Labute approximate surface area is 105 Å². The summed E-state index contributed by atoms with van der Waals surface area (Å²) in [6, 6.07) is 14.5. The molecule has 0 fully saturated rings. The number of carbonyl (C=O) groups excluding carboxylic acids is 1. The van der Waals surface area contributed by atoms with Gasteiger partial charge in [-0.15, -0.1) is 0 Å². The van der Waals surface area contributed by atoms with E-state index < -0.39 is 0 Å². The molecule has 1 atom stereocenters. The van der Waals surface area contributed by atoms with Crippen molar-refractivity contribution in [1.82, 2.24) is 10.3 Å². The smallest absolute Gasteiger partial charge is 0.207 e. The Kier molecular flexibility index (Phi) is 2.52. The maximum atomic E-state index is 10.5. The van der Waals surface area contributed by atoms with Gasteiger partial charge in [0, 0.05) is 21.8 Å². The number of rotatable bonds is 3. The predicted octanol–water partition coefficient (Wildman–Crippen LogP) is 3.13. The van der Waals surface area contributed by atoms with Gasteiger partial charge in [-0.3, -0.25) is 4.79 Å². The van der Waals surface area contributed by atoms with Gasteiger partial charge in [-0.25, -0.2) is 0 Å². The Balaban J connectivity index is 2.21. The second kappa shape index (κ2) is 4.18. The standard InChI is InChI=1S/C15H14N2O/c1-10(16-9-18)11-6-7-15-13(8-11)12-4-2-3-5-14(12)17-15/h2-10,17H,1H3,(H,16,18). The van der Waals surface area contributed by atoms with Crippen LogP contribution >= 0.6 is 0 Å². The molecule has 1 aromatic heterocycles. The molecule has 3 nitrogen and oxygen atoms in total. The molecule has 1 heterocycles. The summed E-state index contributed by atoms with van der Waals surface area (Å²) in [7, 11) is 0. The Morgan fingerprint density at radius 2 is 1.89 bits per heavy atom. The zero-order chi connectivity index (χ0) is 12.5. The molecule has 0 aliphatic rings. The highest BCUT2D eigenvalue weighted by Gasteiger charge is 2.08. The van der Waals surface area contributed by atoms with Gasteiger partial charge in [0.25, 0.3) is 0 Å². The first-order chi connectivity index (χ1) is 8.79. The number of H-pyrrole nitrogens is 1. The van der Waals surface area contributed by atoms with Crippen LogP contribution in [-0.2, 0) is 4.79 Å². The maximum absolute atomic E-state index is 10.5. The molecule has 0 saturated heterocycles. The topological polar surface area (TPSA) is 44.9 Å². The van der Waals surface area contributed by atoms with Crippen LogP contribution in [0.1, 0.15) is 18.5 Å². The minimum absolute atomic E-state index is 0.0283. The van der Waals surface area contributed by atoms with Gasteiger partial charge in [0.15, 0.2) is 0 Å². The minimum Gasteiger partial charge on any atom is -0.355 e. The quantitative estimate of drug-likeness (QED) is 0.676. The molecule has 0 bridgehead atoms. The highest BCUT2D eigenvalue weighted by molar-refractivity contribution is 6.07. The fourth-order valence-electron chi connectivity index (χ4n) is 2.33. The number of benzene rings is 2. The van der Waals surface area contributed by atoms with Gasteiger partial charge in [-0.1, -0.05) is 24.3 Å². The molecule has 18 heavy (non-hydrogen) atoms. The monoisotopic (exact) mass is 238 g/mol. The lowest BCUT2D eigenvalue weighted by atomic mass is 10.0. The summed E-state index contributed by atoms with van der Waals surface area (Å²) in [5.74, 6) is 0. The van der Waals surface area contributed by atoms with Crippen molar-refractivity contribution in [3.05, 3.63) is 48.0 Å². The lowest BCUT2D eigenvalue weighted by Gasteiger charge is -2.10. The third kappa shape index (κ3) is 1.64. The summed E-state index contributed by atoms with van der Waals surface area (Å²) in [5, 5.41) is 5.19. The van der Waals surface area contributed by atoms with Crippen molar-refractivity contribution in [1.29, 1.82) is 0 Å². The second-order valence-electron chi connectivity index (χ2n) is 4.48. The number of para-hydroxylation sites is 1. The predicted molar refractivity (Wildman–Crippen MR) is 73.4 cm³/mol. The number of hydrogen-bond donors (Lipinski definition) is 2. The van der Waals surface area contributed by atoms with Crippen molar-refractivity contribution in [3.63, 3.8) is 0 Å². The highest BCUT2D eigenvalue weighted by atomic mass is 16.1. The average Bonchev–Trinajstić information content (AvgIpc) is 2.76.